The Bertz CT molecular complexity index is 128. The molecule has 0 aliphatic rings. The molecule has 0 atom stereocenters. The molecule has 0 saturated carbocycles. The molecule has 0 aromatic heterocycles. The summed E-state index contributed by atoms with van der Waals surface area (Å²) in [5, 5.41) is 0. The van der Waals surface area contributed by atoms with Crippen molar-refractivity contribution in [3.8, 4) is 0 Å². The molecule has 0 unspecified atom stereocenters. The molecule has 0 aliphatic carbocycles. The Morgan fingerprint density at radius 2 is 1.17 bits per heavy atom. The molecule has 0 aromatic rings. The van der Waals surface area contributed by atoms with Gasteiger partial charge in [-0.3, -0.25) is 13.2 Å². The van der Waals surface area contributed by atoms with Crippen LogP contribution in [0.1, 0.15) is 12.8 Å². The summed E-state index contributed by atoms with van der Waals surface area (Å²) in [6, 6.07) is 0. The van der Waals surface area contributed by atoms with Crippen LogP contribution in [-0.4, -0.2) is 0 Å². The molecule has 54 valence electrons. The summed E-state index contributed by atoms with van der Waals surface area (Å²) in [5.74, 6) is 0. The summed E-state index contributed by atoms with van der Waals surface area (Å²) in [5.41, 5.74) is 0. The van der Waals surface area contributed by atoms with E-state index in [0.717, 1.165) is 12.8 Å². The number of allylic oxidation sites excluding steroid dienone is 6. The number of hydrogen-bond acceptors (Lipinski definition) is 0. The fraction of sp³-hybridized carbons (Fsp3) is 0.200. The van der Waals surface area contributed by atoms with Gasteiger partial charge in [-0.25, -0.2) is 0 Å². The minimum absolute atomic E-state index is 0. The van der Waals surface area contributed by atoms with E-state index in [0.29, 0.717) is 0 Å². The van der Waals surface area contributed by atoms with E-state index in [9.17, 15) is 0 Å². The molecule has 0 amide bonds. The van der Waals surface area contributed by atoms with Gasteiger partial charge in [0.25, 0.3) is 0 Å². The van der Waals surface area contributed by atoms with Crippen molar-refractivity contribution in [3.63, 3.8) is 0 Å². The van der Waals surface area contributed by atoms with Crippen molar-refractivity contribution in [2.75, 3.05) is 0 Å². The zero-order valence-corrected chi connectivity index (χ0v) is 8.14. The van der Waals surface area contributed by atoms with Crippen LogP contribution in [0.2, 0.25) is 0 Å². The maximum absolute atomic E-state index is 3.47. The minimum atomic E-state index is 0. The van der Waals surface area contributed by atoms with Crippen molar-refractivity contribution in [2.45, 2.75) is 12.8 Å². The first-order valence-corrected chi connectivity index (χ1v) is 3.23. The Hall–Kier alpha value is 0.155. The summed E-state index contributed by atoms with van der Waals surface area (Å²) in [4.78, 5) is 0. The standard InChI is InChI=1S/C10H12.2Li/c1-3-5-7-9-10-8-6-4-2;;/h7-10H,1-2,5-6H2;;/q-2;2*+1. The second-order valence-electron chi connectivity index (χ2n) is 1.76. The van der Waals surface area contributed by atoms with E-state index in [1.807, 2.05) is 24.3 Å². The molecule has 0 nitrogen and oxygen atoms in total. The molecule has 0 aliphatic heterocycles. The summed E-state index contributed by atoms with van der Waals surface area (Å²) in [7, 11) is 0. The molecule has 12 heavy (non-hydrogen) atoms. The summed E-state index contributed by atoms with van der Waals surface area (Å²) in [6.45, 7) is 6.94. The first kappa shape index (κ1) is 18.0. The van der Waals surface area contributed by atoms with E-state index in [1.54, 1.807) is 0 Å². The SMILES string of the molecule is C=[C-]CC=CC=CC[C-]=C.[Li+].[Li+]. The van der Waals surface area contributed by atoms with Gasteiger partial charge in [0.15, 0.2) is 0 Å². The maximum Gasteiger partial charge on any atom is 1.00 e. The molecule has 0 rings (SSSR count). The smallest absolute Gasteiger partial charge is 0.500 e. The Kier molecular flexibility index (Phi) is 26.0. The second kappa shape index (κ2) is 17.3. The van der Waals surface area contributed by atoms with E-state index in [-0.39, 0.29) is 37.7 Å². The van der Waals surface area contributed by atoms with Gasteiger partial charge in [-0.1, -0.05) is 12.2 Å². The third kappa shape index (κ3) is 16.6. The van der Waals surface area contributed by atoms with Crippen LogP contribution in [0.4, 0.5) is 0 Å². The average molecular weight is 146 g/mol. The zero-order chi connectivity index (χ0) is 7.66. The topological polar surface area (TPSA) is 0 Å². The van der Waals surface area contributed by atoms with Gasteiger partial charge < -0.3 is 12.2 Å². The van der Waals surface area contributed by atoms with Crippen LogP contribution in [0.25, 0.3) is 0 Å². The molecule has 0 N–H and O–H groups in total. The Balaban J connectivity index is -0.000000405. The predicted octanol–water partition coefficient (Wildman–Crippen LogP) is -3.13. The van der Waals surface area contributed by atoms with E-state index in [1.165, 1.54) is 0 Å². The fourth-order valence-corrected chi connectivity index (χ4v) is 0.460. The summed E-state index contributed by atoms with van der Waals surface area (Å²) in [6.07, 6.45) is 15.1. The number of rotatable bonds is 5. The van der Waals surface area contributed by atoms with Crippen LogP contribution < -0.4 is 37.7 Å². The molecule has 0 aromatic carbocycles. The quantitative estimate of drug-likeness (QED) is 0.218. The fourth-order valence-electron chi connectivity index (χ4n) is 0.460. The molecule has 0 saturated heterocycles. The van der Waals surface area contributed by atoms with Crippen LogP contribution in [-0.2, 0) is 0 Å². The van der Waals surface area contributed by atoms with Crippen LogP contribution in [0.3, 0.4) is 0 Å². The molecule has 0 bridgehead atoms. The molecule has 0 spiro atoms. The van der Waals surface area contributed by atoms with Gasteiger partial charge in [0.1, 0.15) is 0 Å². The second-order valence-corrected chi connectivity index (χ2v) is 1.76. The van der Waals surface area contributed by atoms with Gasteiger partial charge >= 0.3 is 37.7 Å². The molecule has 0 heterocycles. The van der Waals surface area contributed by atoms with Crippen LogP contribution in [0.15, 0.2) is 37.5 Å². The molecular formula is C10H12Li2. The monoisotopic (exact) mass is 146 g/mol. The van der Waals surface area contributed by atoms with Gasteiger partial charge in [0, 0.05) is 0 Å². The molecule has 0 fully saturated rings. The number of hydrogen-bond donors (Lipinski definition) is 0. The van der Waals surface area contributed by atoms with Gasteiger partial charge in [0.2, 0.25) is 0 Å². The van der Waals surface area contributed by atoms with Crippen LogP contribution in [0, 0.1) is 12.2 Å². The van der Waals surface area contributed by atoms with E-state index >= 15 is 0 Å². The Morgan fingerprint density at radius 3 is 1.42 bits per heavy atom. The minimum Gasteiger partial charge on any atom is -0.500 e. The van der Waals surface area contributed by atoms with Crippen LogP contribution >= 0.6 is 0 Å². The largest absolute Gasteiger partial charge is 1.00 e. The molecular weight excluding hydrogens is 134 g/mol. The molecule has 0 radical (unpaired) electrons. The van der Waals surface area contributed by atoms with Gasteiger partial charge in [-0.2, -0.15) is 12.8 Å². The van der Waals surface area contributed by atoms with Gasteiger partial charge in [0.05, 0.1) is 0 Å². The average Bonchev–Trinajstić information content (AvgIpc) is 1.97. The van der Waals surface area contributed by atoms with Crippen molar-refractivity contribution in [3.05, 3.63) is 49.6 Å². The van der Waals surface area contributed by atoms with Crippen molar-refractivity contribution >= 4 is 0 Å². The van der Waals surface area contributed by atoms with Crippen molar-refractivity contribution in [1.29, 1.82) is 0 Å². The van der Waals surface area contributed by atoms with E-state index in [2.05, 4.69) is 25.3 Å². The molecule has 2 heteroatoms. The van der Waals surface area contributed by atoms with Crippen molar-refractivity contribution in [1.82, 2.24) is 0 Å². The predicted molar refractivity (Wildman–Crippen MR) is 45.3 cm³/mol. The third-order valence-electron chi connectivity index (χ3n) is 0.908. The van der Waals surface area contributed by atoms with E-state index < -0.39 is 0 Å². The zero-order valence-electron chi connectivity index (χ0n) is 8.14. The first-order chi connectivity index (χ1) is 4.91. The van der Waals surface area contributed by atoms with Gasteiger partial charge in [-0.15, -0.1) is 12.2 Å². The third-order valence-corrected chi connectivity index (χ3v) is 0.908. The van der Waals surface area contributed by atoms with Crippen molar-refractivity contribution in [2.24, 2.45) is 0 Å². The maximum atomic E-state index is 3.47. The summed E-state index contributed by atoms with van der Waals surface area (Å²) >= 11 is 0. The normalized spacial score (nSPS) is 9.00. The van der Waals surface area contributed by atoms with Crippen molar-refractivity contribution < 1.29 is 37.7 Å². The Labute approximate surface area is 99.9 Å². The Morgan fingerprint density at radius 1 is 0.833 bits per heavy atom. The summed E-state index contributed by atoms with van der Waals surface area (Å²) < 4.78 is 0. The van der Waals surface area contributed by atoms with Crippen LogP contribution in [0.5, 0.6) is 0 Å². The van der Waals surface area contributed by atoms with Gasteiger partial charge in [-0.05, 0) is 0 Å². The first-order valence-electron chi connectivity index (χ1n) is 3.23. The van der Waals surface area contributed by atoms with E-state index in [4.69, 9.17) is 0 Å².